The molecule has 0 atom stereocenters. The molecule has 4 rings (SSSR count). The predicted octanol–water partition coefficient (Wildman–Crippen LogP) is 2.79. The third-order valence-corrected chi connectivity index (χ3v) is 5.76. The van der Waals surface area contributed by atoms with E-state index in [2.05, 4.69) is 11.8 Å². The van der Waals surface area contributed by atoms with Gasteiger partial charge in [0.05, 0.1) is 15.0 Å². The second-order valence-corrected chi connectivity index (χ2v) is 7.02. The van der Waals surface area contributed by atoms with Crippen LogP contribution in [0, 0.1) is 0 Å². The van der Waals surface area contributed by atoms with Crippen LogP contribution >= 0.6 is 11.3 Å². The maximum atomic E-state index is 12.8. The first kappa shape index (κ1) is 15.4. The minimum Gasteiger partial charge on any atom is -0.422 e. The molecule has 1 saturated heterocycles. The standard InChI is InChI=1S/C18H18N2O3S/c1-2-19-7-9-20(10-8-19)17(21)15-11-13-16(24-15)12-5-3-4-6-14(12)23-18(13)22/h3-6,11H,2,7-10H2,1H3. The number of amides is 1. The van der Waals surface area contributed by atoms with Crippen molar-refractivity contribution in [3.05, 3.63) is 45.6 Å². The molecule has 2 aromatic heterocycles. The number of para-hydroxylation sites is 1. The molecule has 0 radical (unpaired) electrons. The zero-order chi connectivity index (χ0) is 16.7. The Bertz CT molecular complexity index is 967. The molecule has 0 saturated carbocycles. The molecule has 5 nitrogen and oxygen atoms in total. The number of piperazine rings is 1. The first-order valence-corrected chi connectivity index (χ1v) is 8.96. The van der Waals surface area contributed by atoms with Crippen LogP contribution in [0.15, 0.2) is 39.5 Å². The number of carbonyl (C=O) groups is 1. The number of carbonyl (C=O) groups excluding carboxylic acids is 1. The van der Waals surface area contributed by atoms with Crippen LogP contribution in [0.5, 0.6) is 0 Å². The van der Waals surface area contributed by atoms with Crippen LogP contribution in [0.4, 0.5) is 0 Å². The van der Waals surface area contributed by atoms with E-state index in [1.54, 1.807) is 12.1 Å². The van der Waals surface area contributed by atoms with Crippen LogP contribution in [0.3, 0.4) is 0 Å². The number of hydrogen-bond donors (Lipinski definition) is 0. The Kier molecular flexibility index (Phi) is 3.86. The van der Waals surface area contributed by atoms with Crippen LogP contribution in [-0.4, -0.2) is 48.4 Å². The van der Waals surface area contributed by atoms with Crippen LogP contribution in [0.2, 0.25) is 0 Å². The van der Waals surface area contributed by atoms with Crippen molar-refractivity contribution in [2.75, 3.05) is 32.7 Å². The minimum absolute atomic E-state index is 0.00966. The van der Waals surface area contributed by atoms with E-state index in [9.17, 15) is 9.59 Å². The maximum absolute atomic E-state index is 12.8. The molecule has 1 amide bonds. The number of benzene rings is 1. The molecule has 0 aliphatic carbocycles. The summed E-state index contributed by atoms with van der Waals surface area (Å²) < 4.78 is 6.19. The highest BCUT2D eigenvalue weighted by atomic mass is 32.1. The van der Waals surface area contributed by atoms with E-state index in [0.717, 1.165) is 42.8 Å². The fourth-order valence-corrected chi connectivity index (χ4v) is 4.31. The number of nitrogens with zero attached hydrogens (tertiary/aromatic N) is 2. The molecule has 0 spiro atoms. The Hall–Kier alpha value is -2.18. The zero-order valence-corrected chi connectivity index (χ0v) is 14.3. The van der Waals surface area contributed by atoms with E-state index in [0.29, 0.717) is 15.8 Å². The molecular weight excluding hydrogens is 324 g/mol. The van der Waals surface area contributed by atoms with Crippen molar-refractivity contribution < 1.29 is 9.21 Å². The van der Waals surface area contributed by atoms with Gasteiger partial charge >= 0.3 is 5.63 Å². The number of rotatable bonds is 2. The fourth-order valence-electron chi connectivity index (χ4n) is 3.17. The second kappa shape index (κ2) is 6.03. The lowest BCUT2D eigenvalue weighted by Crippen LogP contribution is -2.48. The van der Waals surface area contributed by atoms with Crippen molar-refractivity contribution in [2.24, 2.45) is 0 Å². The number of likely N-dealkylation sites (N-methyl/N-ethyl adjacent to an activating group) is 1. The Morgan fingerprint density at radius 2 is 1.92 bits per heavy atom. The average Bonchev–Trinajstić information content (AvgIpc) is 3.07. The molecule has 3 heterocycles. The molecule has 24 heavy (non-hydrogen) atoms. The molecule has 6 heteroatoms. The molecule has 124 valence electrons. The summed E-state index contributed by atoms with van der Waals surface area (Å²) in [5.74, 6) is 0.00966. The fraction of sp³-hybridized carbons (Fsp3) is 0.333. The summed E-state index contributed by atoms with van der Waals surface area (Å²) >= 11 is 1.38. The average molecular weight is 342 g/mol. The molecule has 1 aliphatic heterocycles. The van der Waals surface area contributed by atoms with Gasteiger partial charge in [-0.3, -0.25) is 4.79 Å². The topological polar surface area (TPSA) is 53.8 Å². The number of thiophene rings is 1. The van der Waals surface area contributed by atoms with E-state index >= 15 is 0 Å². The van der Waals surface area contributed by atoms with Gasteiger partial charge in [0, 0.05) is 31.6 Å². The maximum Gasteiger partial charge on any atom is 0.345 e. The Balaban J connectivity index is 1.73. The van der Waals surface area contributed by atoms with Crippen LogP contribution in [0.25, 0.3) is 21.1 Å². The summed E-state index contributed by atoms with van der Waals surface area (Å²) in [6.45, 7) is 6.41. The lowest BCUT2D eigenvalue weighted by atomic mass is 10.2. The summed E-state index contributed by atoms with van der Waals surface area (Å²) in [6, 6.07) is 9.14. The summed E-state index contributed by atoms with van der Waals surface area (Å²) in [6.07, 6.45) is 0. The van der Waals surface area contributed by atoms with E-state index in [1.807, 2.05) is 23.1 Å². The number of fused-ring (bicyclic) bond motifs is 3. The summed E-state index contributed by atoms with van der Waals surface area (Å²) in [5.41, 5.74) is 0.183. The highest BCUT2D eigenvalue weighted by molar-refractivity contribution is 7.21. The zero-order valence-electron chi connectivity index (χ0n) is 13.4. The van der Waals surface area contributed by atoms with Crippen molar-refractivity contribution in [1.29, 1.82) is 0 Å². The van der Waals surface area contributed by atoms with Crippen LogP contribution in [-0.2, 0) is 0 Å². The van der Waals surface area contributed by atoms with Crippen molar-refractivity contribution >= 4 is 38.3 Å². The van der Waals surface area contributed by atoms with Gasteiger partial charge in [0.25, 0.3) is 5.91 Å². The third kappa shape index (κ3) is 2.52. The highest BCUT2D eigenvalue weighted by Gasteiger charge is 2.24. The van der Waals surface area contributed by atoms with Gasteiger partial charge in [-0.05, 0) is 24.7 Å². The quantitative estimate of drug-likeness (QED) is 0.672. The second-order valence-electron chi connectivity index (χ2n) is 5.97. The van der Waals surface area contributed by atoms with Crippen LogP contribution in [0.1, 0.15) is 16.6 Å². The van der Waals surface area contributed by atoms with Crippen LogP contribution < -0.4 is 5.63 Å². The molecular formula is C18H18N2O3S. The molecule has 0 unspecified atom stereocenters. The first-order chi connectivity index (χ1) is 11.7. The van der Waals surface area contributed by atoms with Crippen molar-refractivity contribution in [1.82, 2.24) is 9.80 Å². The molecule has 0 N–H and O–H groups in total. The summed E-state index contributed by atoms with van der Waals surface area (Å²) in [7, 11) is 0. The molecule has 1 aromatic carbocycles. The lowest BCUT2D eigenvalue weighted by molar-refractivity contribution is 0.0648. The molecule has 0 bridgehead atoms. The van der Waals surface area contributed by atoms with Crippen molar-refractivity contribution in [3.63, 3.8) is 0 Å². The van der Waals surface area contributed by atoms with Gasteiger partial charge in [-0.1, -0.05) is 19.1 Å². The van der Waals surface area contributed by atoms with Gasteiger partial charge in [-0.2, -0.15) is 0 Å². The van der Waals surface area contributed by atoms with Crippen molar-refractivity contribution in [2.45, 2.75) is 6.92 Å². The van der Waals surface area contributed by atoms with E-state index in [1.165, 1.54) is 11.3 Å². The molecule has 3 aromatic rings. The highest BCUT2D eigenvalue weighted by Crippen LogP contribution is 2.31. The summed E-state index contributed by atoms with van der Waals surface area (Å²) in [5, 5.41) is 1.38. The van der Waals surface area contributed by atoms with Gasteiger partial charge in [0.2, 0.25) is 0 Å². The third-order valence-electron chi connectivity index (χ3n) is 4.60. The molecule has 1 aliphatic rings. The predicted molar refractivity (Wildman–Crippen MR) is 95.9 cm³/mol. The monoisotopic (exact) mass is 342 g/mol. The van der Waals surface area contributed by atoms with Gasteiger partial charge in [0.15, 0.2) is 0 Å². The van der Waals surface area contributed by atoms with Gasteiger partial charge in [-0.15, -0.1) is 11.3 Å². The normalized spacial score (nSPS) is 16.1. The minimum atomic E-state index is -0.380. The van der Waals surface area contributed by atoms with Gasteiger partial charge < -0.3 is 14.2 Å². The van der Waals surface area contributed by atoms with Gasteiger partial charge in [-0.25, -0.2) is 4.79 Å². The molecule has 1 fully saturated rings. The van der Waals surface area contributed by atoms with Crippen molar-refractivity contribution in [3.8, 4) is 0 Å². The lowest BCUT2D eigenvalue weighted by Gasteiger charge is -2.33. The SMILES string of the molecule is CCN1CCN(C(=O)c2cc3c(=O)oc4ccccc4c3s2)CC1. The van der Waals surface area contributed by atoms with Gasteiger partial charge in [0.1, 0.15) is 5.58 Å². The van der Waals surface area contributed by atoms with E-state index in [4.69, 9.17) is 4.42 Å². The smallest absolute Gasteiger partial charge is 0.345 e. The Labute approximate surface area is 143 Å². The van der Waals surface area contributed by atoms with E-state index in [-0.39, 0.29) is 11.5 Å². The largest absolute Gasteiger partial charge is 0.422 e. The first-order valence-electron chi connectivity index (χ1n) is 8.14. The Morgan fingerprint density at radius 3 is 2.67 bits per heavy atom. The van der Waals surface area contributed by atoms with E-state index < -0.39 is 0 Å². The Morgan fingerprint density at radius 1 is 1.17 bits per heavy atom. The summed E-state index contributed by atoms with van der Waals surface area (Å²) in [4.78, 5) is 29.8. The number of hydrogen-bond acceptors (Lipinski definition) is 5.